The standard InChI is InChI=1S/C9H17NO/c1-5-10(6-2)9(11)7-8(3)4/h7H,5-6H2,1-4H3. The van der Waals surface area contributed by atoms with Crippen molar-refractivity contribution in [1.29, 1.82) is 0 Å². The van der Waals surface area contributed by atoms with Crippen LogP contribution in [0.25, 0.3) is 0 Å². The molecule has 11 heavy (non-hydrogen) atoms. The van der Waals surface area contributed by atoms with Gasteiger partial charge < -0.3 is 4.90 Å². The van der Waals surface area contributed by atoms with Crippen LogP contribution in [0.4, 0.5) is 0 Å². The van der Waals surface area contributed by atoms with Crippen molar-refractivity contribution >= 4 is 5.91 Å². The molecule has 1 amide bonds. The topological polar surface area (TPSA) is 20.3 Å². The van der Waals surface area contributed by atoms with E-state index in [0.29, 0.717) is 0 Å². The van der Waals surface area contributed by atoms with E-state index in [0.717, 1.165) is 18.7 Å². The van der Waals surface area contributed by atoms with Gasteiger partial charge >= 0.3 is 0 Å². The molecule has 0 aromatic rings. The molecule has 0 spiro atoms. The minimum Gasteiger partial charge on any atom is -0.340 e. The van der Waals surface area contributed by atoms with Crippen LogP contribution in [0.5, 0.6) is 0 Å². The quantitative estimate of drug-likeness (QED) is 0.569. The van der Waals surface area contributed by atoms with E-state index in [9.17, 15) is 4.79 Å². The van der Waals surface area contributed by atoms with E-state index >= 15 is 0 Å². The van der Waals surface area contributed by atoms with Gasteiger partial charge in [-0.1, -0.05) is 5.57 Å². The fraction of sp³-hybridized carbons (Fsp3) is 0.667. The van der Waals surface area contributed by atoms with E-state index < -0.39 is 0 Å². The summed E-state index contributed by atoms with van der Waals surface area (Å²) in [5.41, 5.74) is 1.06. The second-order valence-corrected chi connectivity index (χ2v) is 2.73. The SMILES string of the molecule is CCN(CC)C(=O)C=C(C)C. The van der Waals surface area contributed by atoms with Crippen molar-refractivity contribution in [3.05, 3.63) is 11.6 Å². The highest BCUT2D eigenvalue weighted by Crippen LogP contribution is 1.94. The molecular formula is C9H17NO. The summed E-state index contributed by atoms with van der Waals surface area (Å²) in [5.74, 6) is 0.120. The summed E-state index contributed by atoms with van der Waals surface area (Å²) in [6.07, 6.45) is 1.67. The lowest BCUT2D eigenvalue weighted by Crippen LogP contribution is -2.28. The summed E-state index contributed by atoms with van der Waals surface area (Å²) in [4.78, 5) is 13.1. The van der Waals surface area contributed by atoms with E-state index in [1.807, 2.05) is 27.7 Å². The molecule has 0 saturated carbocycles. The van der Waals surface area contributed by atoms with Gasteiger partial charge in [0.15, 0.2) is 0 Å². The van der Waals surface area contributed by atoms with E-state index in [-0.39, 0.29) is 5.91 Å². The lowest BCUT2D eigenvalue weighted by atomic mass is 10.3. The molecule has 0 fully saturated rings. The van der Waals surface area contributed by atoms with Crippen LogP contribution in [-0.4, -0.2) is 23.9 Å². The molecule has 0 aliphatic carbocycles. The molecule has 0 aromatic carbocycles. The Hall–Kier alpha value is -0.790. The highest BCUT2D eigenvalue weighted by Gasteiger charge is 2.04. The van der Waals surface area contributed by atoms with Gasteiger partial charge in [0.25, 0.3) is 0 Å². The Bertz CT molecular complexity index is 153. The Labute approximate surface area is 68.9 Å². The highest BCUT2D eigenvalue weighted by atomic mass is 16.2. The zero-order valence-corrected chi connectivity index (χ0v) is 7.85. The van der Waals surface area contributed by atoms with Crippen molar-refractivity contribution in [2.75, 3.05) is 13.1 Å². The fourth-order valence-corrected chi connectivity index (χ4v) is 0.874. The lowest BCUT2D eigenvalue weighted by molar-refractivity contribution is -0.125. The second kappa shape index (κ2) is 4.94. The van der Waals surface area contributed by atoms with Gasteiger partial charge in [0.1, 0.15) is 0 Å². The largest absolute Gasteiger partial charge is 0.340 e. The highest BCUT2D eigenvalue weighted by molar-refractivity contribution is 5.88. The van der Waals surface area contributed by atoms with Crippen molar-refractivity contribution < 1.29 is 4.79 Å². The van der Waals surface area contributed by atoms with Crippen molar-refractivity contribution in [3.8, 4) is 0 Å². The molecule has 0 bridgehead atoms. The summed E-state index contributed by atoms with van der Waals surface area (Å²) < 4.78 is 0. The molecule has 0 saturated heterocycles. The number of carbonyl (C=O) groups is 1. The molecule has 0 aliphatic rings. The van der Waals surface area contributed by atoms with Crippen LogP contribution in [0.1, 0.15) is 27.7 Å². The Morgan fingerprint density at radius 1 is 1.27 bits per heavy atom. The second-order valence-electron chi connectivity index (χ2n) is 2.73. The maximum absolute atomic E-state index is 11.3. The number of rotatable bonds is 3. The van der Waals surface area contributed by atoms with Gasteiger partial charge in [-0.2, -0.15) is 0 Å². The number of allylic oxidation sites excluding steroid dienone is 1. The summed E-state index contributed by atoms with van der Waals surface area (Å²) in [7, 11) is 0. The van der Waals surface area contributed by atoms with Gasteiger partial charge in [0, 0.05) is 19.2 Å². The van der Waals surface area contributed by atoms with Crippen LogP contribution in [0, 0.1) is 0 Å². The van der Waals surface area contributed by atoms with Gasteiger partial charge in [0.05, 0.1) is 0 Å². The number of nitrogens with zero attached hydrogens (tertiary/aromatic N) is 1. The van der Waals surface area contributed by atoms with Gasteiger partial charge in [0.2, 0.25) is 5.91 Å². The first-order valence-electron chi connectivity index (χ1n) is 4.05. The molecule has 2 heteroatoms. The Morgan fingerprint density at radius 2 is 1.73 bits per heavy atom. The third-order valence-corrected chi connectivity index (χ3v) is 1.49. The van der Waals surface area contributed by atoms with Crippen LogP contribution in [0.3, 0.4) is 0 Å². The maximum atomic E-state index is 11.3. The molecule has 0 aliphatic heterocycles. The number of carbonyl (C=O) groups excluding carboxylic acids is 1. The number of hydrogen-bond acceptors (Lipinski definition) is 1. The Kier molecular flexibility index (Phi) is 4.59. The third kappa shape index (κ3) is 3.81. The first-order chi connectivity index (χ1) is 5.11. The van der Waals surface area contributed by atoms with E-state index in [1.54, 1.807) is 11.0 Å². The van der Waals surface area contributed by atoms with Crippen LogP contribution in [-0.2, 0) is 4.79 Å². The lowest BCUT2D eigenvalue weighted by Gasteiger charge is -2.16. The first-order valence-corrected chi connectivity index (χ1v) is 4.05. The summed E-state index contributed by atoms with van der Waals surface area (Å²) in [6, 6.07) is 0. The molecule has 0 rings (SSSR count). The van der Waals surface area contributed by atoms with Gasteiger partial charge in [-0.15, -0.1) is 0 Å². The average Bonchev–Trinajstić information content (AvgIpc) is 1.88. The fourth-order valence-electron chi connectivity index (χ4n) is 0.874. The summed E-state index contributed by atoms with van der Waals surface area (Å²) >= 11 is 0. The first kappa shape index (κ1) is 10.2. The predicted octanol–water partition coefficient (Wildman–Crippen LogP) is 1.82. The van der Waals surface area contributed by atoms with Gasteiger partial charge in [-0.25, -0.2) is 0 Å². The van der Waals surface area contributed by atoms with Crippen LogP contribution in [0.15, 0.2) is 11.6 Å². The van der Waals surface area contributed by atoms with E-state index in [1.165, 1.54) is 0 Å². The van der Waals surface area contributed by atoms with Crippen LogP contribution in [0.2, 0.25) is 0 Å². The number of amides is 1. The normalized spacial score (nSPS) is 9.09. The monoisotopic (exact) mass is 155 g/mol. The van der Waals surface area contributed by atoms with Crippen LogP contribution < -0.4 is 0 Å². The molecule has 0 unspecified atom stereocenters. The molecule has 0 heterocycles. The maximum Gasteiger partial charge on any atom is 0.246 e. The smallest absolute Gasteiger partial charge is 0.246 e. The molecule has 64 valence electrons. The molecule has 0 atom stereocenters. The van der Waals surface area contributed by atoms with E-state index in [2.05, 4.69) is 0 Å². The zero-order valence-electron chi connectivity index (χ0n) is 7.85. The molecule has 0 aromatic heterocycles. The van der Waals surface area contributed by atoms with Gasteiger partial charge in [-0.05, 0) is 27.7 Å². The number of hydrogen-bond donors (Lipinski definition) is 0. The van der Waals surface area contributed by atoms with Crippen molar-refractivity contribution in [3.63, 3.8) is 0 Å². The Morgan fingerprint density at radius 3 is 2.00 bits per heavy atom. The third-order valence-electron chi connectivity index (χ3n) is 1.49. The minimum atomic E-state index is 0.120. The molecule has 0 N–H and O–H groups in total. The predicted molar refractivity (Wildman–Crippen MR) is 47.4 cm³/mol. The van der Waals surface area contributed by atoms with Gasteiger partial charge in [-0.3, -0.25) is 4.79 Å². The summed E-state index contributed by atoms with van der Waals surface area (Å²) in [6.45, 7) is 9.42. The minimum absolute atomic E-state index is 0.120. The Balaban J connectivity index is 4.11. The summed E-state index contributed by atoms with van der Waals surface area (Å²) in [5, 5.41) is 0. The van der Waals surface area contributed by atoms with E-state index in [4.69, 9.17) is 0 Å². The van der Waals surface area contributed by atoms with Crippen LogP contribution >= 0.6 is 0 Å². The molecule has 2 nitrogen and oxygen atoms in total. The zero-order chi connectivity index (χ0) is 8.85. The van der Waals surface area contributed by atoms with Crippen molar-refractivity contribution in [1.82, 2.24) is 4.90 Å². The molecular weight excluding hydrogens is 138 g/mol. The van der Waals surface area contributed by atoms with Crippen molar-refractivity contribution in [2.24, 2.45) is 0 Å². The van der Waals surface area contributed by atoms with Crippen molar-refractivity contribution in [2.45, 2.75) is 27.7 Å². The molecule has 0 radical (unpaired) electrons. The number of likely N-dealkylation sites (N-methyl/N-ethyl adjacent to an activating group) is 1. The average molecular weight is 155 g/mol.